The maximum atomic E-state index is 12.0. The summed E-state index contributed by atoms with van der Waals surface area (Å²) in [5.74, 6) is -2.79. The molecule has 0 aromatic heterocycles. The highest BCUT2D eigenvalue weighted by Gasteiger charge is 2.39. The molecule has 9 nitrogen and oxygen atoms in total. The first kappa shape index (κ1) is 20.6. The van der Waals surface area contributed by atoms with Gasteiger partial charge in [-0.25, -0.2) is 9.59 Å². The van der Waals surface area contributed by atoms with Gasteiger partial charge in [0, 0.05) is 30.8 Å². The molecule has 0 bridgehead atoms. The molecule has 1 aromatic rings. The second-order valence-electron chi connectivity index (χ2n) is 7.74. The quantitative estimate of drug-likeness (QED) is 0.522. The molecule has 4 N–H and O–H groups in total. The molecule has 0 amide bonds. The Morgan fingerprint density at radius 3 is 2.37 bits per heavy atom. The first-order valence-electron chi connectivity index (χ1n) is 8.79. The molecule has 9 heteroatoms. The summed E-state index contributed by atoms with van der Waals surface area (Å²) in [6.07, 6.45) is 2.49. The van der Waals surface area contributed by atoms with Crippen LogP contribution in [-0.4, -0.2) is 46.2 Å². The van der Waals surface area contributed by atoms with E-state index in [1.54, 1.807) is 20.8 Å². The Morgan fingerprint density at radius 2 is 1.93 bits per heavy atom. The molecule has 148 valence electrons. The molecule has 1 atom stereocenters. The van der Waals surface area contributed by atoms with E-state index in [1.807, 2.05) is 4.90 Å². The summed E-state index contributed by atoms with van der Waals surface area (Å²) < 4.78 is 0. The van der Waals surface area contributed by atoms with Crippen LogP contribution in [0.3, 0.4) is 0 Å². The van der Waals surface area contributed by atoms with E-state index in [-0.39, 0.29) is 29.4 Å². The van der Waals surface area contributed by atoms with Crippen LogP contribution in [0, 0.1) is 10.1 Å². The molecule has 0 spiro atoms. The zero-order valence-electron chi connectivity index (χ0n) is 15.7. The molecule has 1 fully saturated rings. The van der Waals surface area contributed by atoms with Crippen LogP contribution in [-0.2, 0) is 5.41 Å². The van der Waals surface area contributed by atoms with Gasteiger partial charge in [0.25, 0.3) is 5.69 Å². The Morgan fingerprint density at radius 1 is 1.30 bits per heavy atom. The number of benzene rings is 1. The van der Waals surface area contributed by atoms with Crippen LogP contribution in [0.25, 0.3) is 0 Å². The summed E-state index contributed by atoms with van der Waals surface area (Å²) in [4.78, 5) is 36.4. The van der Waals surface area contributed by atoms with E-state index < -0.39 is 33.5 Å². The maximum absolute atomic E-state index is 12.0. The van der Waals surface area contributed by atoms with Gasteiger partial charge in [0.15, 0.2) is 0 Å². The van der Waals surface area contributed by atoms with Gasteiger partial charge in [-0.3, -0.25) is 10.1 Å². The topological polar surface area (TPSA) is 147 Å². The van der Waals surface area contributed by atoms with Gasteiger partial charge < -0.3 is 20.8 Å². The Balaban J connectivity index is 2.99. The van der Waals surface area contributed by atoms with Crippen LogP contribution in [0.4, 0.5) is 11.4 Å². The van der Waals surface area contributed by atoms with Crippen molar-refractivity contribution < 1.29 is 24.7 Å². The smallest absolute Gasteiger partial charge is 0.343 e. The number of carbonyl (C=O) groups is 2. The van der Waals surface area contributed by atoms with E-state index in [4.69, 9.17) is 5.73 Å². The molecule has 2 rings (SSSR count). The van der Waals surface area contributed by atoms with E-state index in [0.717, 1.165) is 25.3 Å². The normalized spacial score (nSPS) is 17.6. The maximum Gasteiger partial charge on any atom is 0.343 e. The number of carboxylic acid groups (broad SMARTS) is 2. The molecule has 1 unspecified atom stereocenters. The van der Waals surface area contributed by atoms with Crippen LogP contribution < -0.4 is 10.6 Å². The largest absolute Gasteiger partial charge is 0.478 e. The standard InChI is InChI=1S/C18H25N3O6/c1-18(2,3)14-13(17(24)25)12(21(26)27)8-11(16(22)23)15(14)20-7-5-4-6-10(20)9-19/h8,10H,4-7,9,19H2,1-3H3,(H,22,23)(H,24,25). The summed E-state index contributed by atoms with van der Waals surface area (Å²) in [5, 5.41) is 31.0. The SMILES string of the molecule is CC(C)(C)c1c(C(=O)O)c([N+](=O)[O-])cc(C(=O)O)c1N1CCCCC1CN. The molecule has 27 heavy (non-hydrogen) atoms. The van der Waals surface area contributed by atoms with Crippen molar-refractivity contribution in [2.45, 2.75) is 51.5 Å². The highest BCUT2D eigenvalue weighted by Crippen LogP contribution is 2.43. The number of nitrogens with two attached hydrogens (primary N) is 1. The second kappa shape index (κ2) is 7.51. The van der Waals surface area contributed by atoms with Crippen molar-refractivity contribution in [2.75, 3.05) is 18.0 Å². The zero-order chi connectivity index (χ0) is 20.5. The number of nitro benzene ring substituents is 1. The van der Waals surface area contributed by atoms with E-state index in [9.17, 15) is 29.9 Å². The Kier molecular flexibility index (Phi) is 5.74. The molecule has 1 aliphatic rings. The predicted molar refractivity (Wildman–Crippen MR) is 99.8 cm³/mol. The summed E-state index contributed by atoms with van der Waals surface area (Å²) in [6, 6.07) is 0.708. The van der Waals surface area contributed by atoms with E-state index in [0.29, 0.717) is 6.54 Å². The minimum absolute atomic E-state index is 0.152. The van der Waals surface area contributed by atoms with E-state index >= 15 is 0 Å². The number of nitrogens with zero attached hydrogens (tertiary/aromatic N) is 2. The third-order valence-electron chi connectivity index (χ3n) is 4.86. The molecular formula is C18H25N3O6. The van der Waals surface area contributed by atoms with Gasteiger partial charge in [-0.05, 0) is 24.7 Å². The van der Waals surface area contributed by atoms with Crippen molar-refractivity contribution in [1.82, 2.24) is 0 Å². The van der Waals surface area contributed by atoms with Crippen molar-refractivity contribution in [3.8, 4) is 0 Å². The summed E-state index contributed by atoms with van der Waals surface area (Å²) in [5.41, 5.74) is 3.98. The van der Waals surface area contributed by atoms with Crippen LogP contribution in [0.2, 0.25) is 0 Å². The lowest BCUT2D eigenvalue weighted by Gasteiger charge is -2.41. The molecule has 1 aromatic carbocycles. The lowest BCUT2D eigenvalue weighted by Crippen LogP contribution is -2.46. The summed E-state index contributed by atoms with van der Waals surface area (Å²) >= 11 is 0. The monoisotopic (exact) mass is 379 g/mol. The summed E-state index contributed by atoms with van der Waals surface area (Å²) in [6.45, 7) is 5.95. The predicted octanol–water partition coefficient (Wildman–Crippen LogP) is 2.61. The molecule has 1 heterocycles. The molecular weight excluding hydrogens is 354 g/mol. The van der Waals surface area contributed by atoms with Gasteiger partial charge in [-0.2, -0.15) is 0 Å². The zero-order valence-corrected chi connectivity index (χ0v) is 15.7. The van der Waals surface area contributed by atoms with Gasteiger partial charge >= 0.3 is 11.9 Å². The van der Waals surface area contributed by atoms with Crippen LogP contribution in [0.15, 0.2) is 6.07 Å². The van der Waals surface area contributed by atoms with Crippen molar-refractivity contribution in [3.63, 3.8) is 0 Å². The highest BCUT2D eigenvalue weighted by atomic mass is 16.6. The third kappa shape index (κ3) is 3.87. The number of aromatic carboxylic acids is 2. The average Bonchev–Trinajstić information content (AvgIpc) is 2.58. The van der Waals surface area contributed by atoms with Crippen molar-refractivity contribution in [2.24, 2.45) is 5.73 Å². The summed E-state index contributed by atoms with van der Waals surface area (Å²) in [7, 11) is 0. The lowest BCUT2D eigenvalue weighted by atomic mass is 9.79. The average molecular weight is 379 g/mol. The molecule has 1 aliphatic heterocycles. The fourth-order valence-corrected chi connectivity index (χ4v) is 3.75. The Hall–Kier alpha value is -2.68. The van der Waals surface area contributed by atoms with Gasteiger partial charge in [-0.1, -0.05) is 20.8 Å². The van der Waals surface area contributed by atoms with Gasteiger partial charge in [-0.15, -0.1) is 0 Å². The van der Waals surface area contributed by atoms with Gasteiger partial charge in [0.2, 0.25) is 0 Å². The Bertz CT molecular complexity index is 784. The number of rotatable bonds is 5. The first-order chi connectivity index (χ1) is 12.5. The van der Waals surface area contributed by atoms with Gasteiger partial charge in [0.05, 0.1) is 16.2 Å². The fraction of sp³-hybridized carbons (Fsp3) is 0.556. The van der Waals surface area contributed by atoms with Crippen molar-refractivity contribution in [1.29, 1.82) is 0 Å². The molecule has 0 saturated carbocycles. The number of hydrogen-bond donors (Lipinski definition) is 3. The number of hydrogen-bond acceptors (Lipinski definition) is 6. The molecule has 0 aliphatic carbocycles. The molecule has 0 radical (unpaired) electrons. The minimum Gasteiger partial charge on any atom is -0.478 e. The number of nitro groups is 1. The highest BCUT2D eigenvalue weighted by molar-refractivity contribution is 6.04. The number of anilines is 1. The van der Waals surface area contributed by atoms with Crippen LogP contribution in [0.5, 0.6) is 0 Å². The number of piperidine rings is 1. The fourth-order valence-electron chi connectivity index (χ4n) is 3.75. The first-order valence-corrected chi connectivity index (χ1v) is 8.79. The number of carboxylic acids is 2. The third-order valence-corrected chi connectivity index (χ3v) is 4.86. The van der Waals surface area contributed by atoms with Gasteiger partial charge in [0.1, 0.15) is 5.56 Å². The van der Waals surface area contributed by atoms with E-state index in [2.05, 4.69) is 0 Å². The molecule has 1 saturated heterocycles. The minimum atomic E-state index is -1.45. The van der Waals surface area contributed by atoms with Crippen molar-refractivity contribution >= 4 is 23.3 Å². The Labute approximate surface area is 156 Å². The van der Waals surface area contributed by atoms with Crippen LogP contribution >= 0.6 is 0 Å². The second-order valence-corrected chi connectivity index (χ2v) is 7.74. The van der Waals surface area contributed by atoms with Crippen molar-refractivity contribution in [3.05, 3.63) is 32.9 Å². The lowest BCUT2D eigenvalue weighted by molar-refractivity contribution is -0.385. The van der Waals surface area contributed by atoms with Crippen LogP contribution in [0.1, 0.15) is 66.3 Å². The van der Waals surface area contributed by atoms with E-state index in [1.165, 1.54) is 0 Å².